The maximum absolute atomic E-state index is 12.6. The predicted octanol–water partition coefficient (Wildman–Crippen LogP) is 4.50. The van der Waals surface area contributed by atoms with Crippen LogP contribution in [0.15, 0.2) is 45.6 Å². The highest BCUT2D eigenvalue weighted by molar-refractivity contribution is 9.10. The standard InChI is InChI=1S/C17H16BrN3O3S3/c1-10(12-5-3-4-6-13(12)21-27(2,23)24)19-16(22)14-9-26-17(20-14)15-7-11(18)8-25-15/h3-10,21H,1-2H3,(H,19,22). The number of hydrogen-bond acceptors (Lipinski definition) is 6. The quantitative estimate of drug-likeness (QED) is 0.537. The number of nitrogens with zero attached hydrogens (tertiary/aromatic N) is 1. The third kappa shape index (κ3) is 5.16. The van der Waals surface area contributed by atoms with Crippen LogP contribution < -0.4 is 10.0 Å². The van der Waals surface area contributed by atoms with E-state index in [1.165, 1.54) is 11.3 Å². The number of rotatable bonds is 6. The molecule has 142 valence electrons. The van der Waals surface area contributed by atoms with Crippen molar-refractivity contribution in [2.45, 2.75) is 13.0 Å². The van der Waals surface area contributed by atoms with E-state index < -0.39 is 16.1 Å². The van der Waals surface area contributed by atoms with Crippen LogP contribution >= 0.6 is 38.6 Å². The van der Waals surface area contributed by atoms with Gasteiger partial charge in [-0.05, 0) is 40.5 Å². The van der Waals surface area contributed by atoms with Crippen molar-refractivity contribution in [3.05, 3.63) is 56.8 Å². The third-order valence-corrected chi connectivity index (χ3v) is 6.88. The van der Waals surface area contributed by atoms with Gasteiger partial charge in [-0.3, -0.25) is 9.52 Å². The molecule has 0 bridgehead atoms. The summed E-state index contributed by atoms with van der Waals surface area (Å²) in [7, 11) is -3.42. The van der Waals surface area contributed by atoms with Crippen LogP contribution in [0.25, 0.3) is 9.88 Å². The summed E-state index contributed by atoms with van der Waals surface area (Å²) in [5.41, 5.74) is 1.45. The molecule has 3 rings (SSSR count). The highest BCUT2D eigenvalue weighted by Crippen LogP contribution is 2.32. The minimum atomic E-state index is -3.42. The Bertz CT molecular complexity index is 1080. The molecule has 0 aliphatic rings. The zero-order valence-electron chi connectivity index (χ0n) is 14.4. The number of amides is 1. The average Bonchev–Trinajstić information content (AvgIpc) is 3.22. The van der Waals surface area contributed by atoms with E-state index in [1.54, 1.807) is 47.9 Å². The number of nitrogens with one attached hydrogen (secondary N) is 2. The van der Waals surface area contributed by atoms with Crippen LogP contribution in [0.1, 0.15) is 29.0 Å². The first-order chi connectivity index (χ1) is 12.7. The molecule has 0 saturated carbocycles. The maximum atomic E-state index is 12.6. The Balaban J connectivity index is 1.76. The second-order valence-electron chi connectivity index (χ2n) is 5.82. The van der Waals surface area contributed by atoms with Crippen LogP contribution in [0.3, 0.4) is 0 Å². The first-order valence-corrected chi connectivity index (χ1v) is 12.2. The van der Waals surface area contributed by atoms with E-state index in [9.17, 15) is 13.2 Å². The van der Waals surface area contributed by atoms with Crippen LogP contribution in [0.2, 0.25) is 0 Å². The third-order valence-electron chi connectivity index (χ3n) is 3.59. The molecule has 27 heavy (non-hydrogen) atoms. The molecule has 0 aliphatic carbocycles. The normalized spacial score (nSPS) is 12.6. The molecule has 6 nitrogen and oxygen atoms in total. The van der Waals surface area contributed by atoms with E-state index in [-0.39, 0.29) is 5.91 Å². The Morgan fingerprint density at radius 2 is 1.96 bits per heavy atom. The fourth-order valence-electron chi connectivity index (χ4n) is 2.43. The van der Waals surface area contributed by atoms with E-state index >= 15 is 0 Å². The summed E-state index contributed by atoms with van der Waals surface area (Å²) in [6.45, 7) is 1.80. The number of benzene rings is 1. The summed E-state index contributed by atoms with van der Waals surface area (Å²) < 4.78 is 26.6. The van der Waals surface area contributed by atoms with Gasteiger partial charge in [0.25, 0.3) is 5.91 Å². The SMILES string of the molecule is CC(NC(=O)c1csc(-c2cc(Br)cs2)n1)c1ccccc1NS(C)(=O)=O. The molecular formula is C17H16BrN3O3S3. The van der Waals surface area contributed by atoms with E-state index in [1.807, 2.05) is 11.4 Å². The molecule has 1 unspecified atom stereocenters. The summed E-state index contributed by atoms with van der Waals surface area (Å²) in [4.78, 5) is 18.0. The summed E-state index contributed by atoms with van der Waals surface area (Å²) in [5.74, 6) is -0.310. The number of thiophene rings is 1. The molecule has 2 heterocycles. The first kappa shape index (κ1) is 20.0. The number of hydrogen-bond donors (Lipinski definition) is 2. The van der Waals surface area contributed by atoms with Crippen LogP contribution in [0, 0.1) is 0 Å². The minimum absolute atomic E-state index is 0.310. The van der Waals surface area contributed by atoms with Crippen molar-refractivity contribution < 1.29 is 13.2 Å². The lowest BCUT2D eigenvalue weighted by Crippen LogP contribution is -2.27. The Morgan fingerprint density at radius 3 is 2.63 bits per heavy atom. The molecule has 0 spiro atoms. The van der Waals surface area contributed by atoms with Crippen LogP contribution in [-0.2, 0) is 10.0 Å². The van der Waals surface area contributed by atoms with Crippen molar-refractivity contribution in [1.29, 1.82) is 0 Å². The van der Waals surface area contributed by atoms with Gasteiger partial charge in [-0.15, -0.1) is 22.7 Å². The van der Waals surface area contributed by atoms with Crippen molar-refractivity contribution in [2.75, 3.05) is 11.0 Å². The van der Waals surface area contributed by atoms with Crippen molar-refractivity contribution in [2.24, 2.45) is 0 Å². The summed E-state index contributed by atoms with van der Waals surface area (Å²) >= 11 is 6.36. The van der Waals surface area contributed by atoms with Crippen molar-refractivity contribution in [3.63, 3.8) is 0 Å². The molecule has 1 aromatic carbocycles. The van der Waals surface area contributed by atoms with E-state index in [0.29, 0.717) is 16.9 Å². The lowest BCUT2D eigenvalue weighted by atomic mass is 10.1. The zero-order valence-corrected chi connectivity index (χ0v) is 18.4. The number of halogens is 1. The van der Waals surface area contributed by atoms with Gasteiger partial charge in [0.2, 0.25) is 10.0 Å². The molecule has 3 aromatic rings. The number of para-hydroxylation sites is 1. The number of sulfonamides is 1. The highest BCUT2D eigenvalue weighted by Gasteiger charge is 2.18. The fraction of sp³-hybridized carbons (Fsp3) is 0.176. The molecule has 0 aliphatic heterocycles. The molecule has 0 saturated heterocycles. The van der Waals surface area contributed by atoms with Crippen molar-refractivity contribution in [1.82, 2.24) is 10.3 Å². The number of thiazole rings is 1. The number of aromatic nitrogens is 1. The first-order valence-electron chi connectivity index (χ1n) is 7.80. The van der Waals surface area contributed by atoms with Crippen molar-refractivity contribution in [3.8, 4) is 9.88 Å². The van der Waals surface area contributed by atoms with Gasteiger partial charge < -0.3 is 5.32 Å². The molecule has 1 atom stereocenters. The van der Waals surface area contributed by atoms with Gasteiger partial charge >= 0.3 is 0 Å². The van der Waals surface area contributed by atoms with Gasteiger partial charge in [-0.1, -0.05) is 18.2 Å². The second-order valence-corrected chi connectivity index (χ2v) is 10.3. The van der Waals surface area contributed by atoms with E-state index in [4.69, 9.17) is 0 Å². The van der Waals surface area contributed by atoms with E-state index in [0.717, 1.165) is 20.6 Å². The lowest BCUT2D eigenvalue weighted by molar-refractivity contribution is 0.0936. The Morgan fingerprint density at radius 1 is 1.22 bits per heavy atom. The molecule has 0 fully saturated rings. The monoisotopic (exact) mass is 485 g/mol. The number of carbonyl (C=O) groups is 1. The maximum Gasteiger partial charge on any atom is 0.271 e. The highest BCUT2D eigenvalue weighted by atomic mass is 79.9. The molecule has 0 radical (unpaired) electrons. The smallest absolute Gasteiger partial charge is 0.271 e. The van der Waals surface area contributed by atoms with Gasteiger partial charge in [0.15, 0.2) is 0 Å². The minimum Gasteiger partial charge on any atom is -0.344 e. The molecule has 10 heteroatoms. The number of carbonyl (C=O) groups excluding carboxylic acids is 1. The summed E-state index contributed by atoms with van der Waals surface area (Å²) in [6.07, 6.45) is 1.09. The van der Waals surface area contributed by atoms with Crippen LogP contribution in [0.5, 0.6) is 0 Å². The predicted molar refractivity (Wildman–Crippen MR) is 114 cm³/mol. The Labute approximate surface area is 173 Å². The topological polar surface area (TPSA) is 88.2 Å². The second kappa shape index (κ2) is 8.09. The van der Waals surface area contributed by atoms with E-state index in [2.05, 4.69) is 31.0 Å². The lowest BCUT2D eigenvalue weighted by Gasteiger charge is -2.17. The van der Waals surface area contributed by atoms with Crippen molar-refractivity contribution >= 4 is 60.2 Å². The molecule has 2 N–H and O–H groups in total. The Hall–Kier alpha value is -1.75. The zero-order chi connectivity index (χ0) is 19.6. The molecular weight excluding hydrogens is 470 g/mol. The van der Waals surface area contributed by atoms with Gasteiger partial charge in [0, 0.05) is 15.2 Å². The molecule has 1 amide bonds. The largest absolute Gasteiger partial charge is 0.344 e. The Kier molecular flexibility index (Phi) is 5.99. The fourth-order valence-corrected chi connectivity index (χ4v) is 5.33. The van der Waals surface area contributed by atoms with Crippen LogP contribution in [0.4, 0.5) is 5.69 Å². The van der Waals surface area contributed by atoms with Gasteiger partial charge in [-0.2, -0.15) is 0 Å². The summed E-state index contributed by atoms with van der Waals surface area (Å²) in [6, 6.07) is 8.52. The van der Waals surface area contributed by atoms with Gasteiger partial charge in [0.1, 0.15) is 10.7 Å². The average molecular weight is 486 g/mol. The van der Waals surface area contributed by atoms with Crippen LogP contribution in [-0.4, -0.2) is 25.6 Å². The summed E-state index contributed by atoms with van der Waals surface area (Å²) in [5, 5.41) is 7.33. The van der Waals surface area contributed by atoms with Gasteiger partial charge in [-0.25, -0.2) is 13.4 Å². The molecule has 2 aromatic heterocycles. The van der Waals surface area contributed by atoms with Gasteiger partial charge in [0.05, 0.1) is 22.9 Å². The number of anilines is 1.